The number of nitrogens with zero attached hydrogens (tertiary/aromatic N) is 3. The predicted octanol–water partition coefficient (Wildman–Crippen LogP) is 7.82. The van der Waals surface area contributed by atoms with E-state index >= 15 is 0 Å². The second-order valence-corrected chi connectivity index (χ2v) is 9.75. The zero-order valence-electron chi connectivity index (χ0n) is 19.8. The molecule has 1 unspecified atom stereocenters. The molecular weight excluding hydrogens is 498 g/mol. The van der Waals surface area contributed by atoms with Gasteiger partial charge in [-0.3, -0.25) is 5.43 Å². The van der Waals surface area contributed by atoms with Gasteiger partial charge in [-0.1, -0.05) is 103 Å². The Labute approximate surface area is 225 Å². The molecular formula is C30H24ClN5S. The predicted molar refractivity (Wildman–Crippen MR) is 153 cm³/mol. The van der Waals surface area contributed by atoms with E-state index in [0.29, 0.717) is 5.95 Å². The summed E-state index contributed by atoms with van der Waals surface area (Å²) in [7, 11) is 0. The van der Waals surface area contributed by atoms with Crippen LogP contribution in [0.4, 0.5) is 5.95 Å². The fraction of sp³-hybridized carbons (Fsp3) is 0.0333. The van der Waals surface area contributed by atoms with Crippen molar-refractivity contribution in [2.45, 2.75) is 10.1 Å². The Morgan fingerprint density at radius 3 is 1.92 bits per heavy atom. The maximum atomic E-state index is 6.06. The second kappa shape index (κ2) is 12.2. The normalized spacial score (nSPS) is 11.8. The lowest BCUT2D eigenvalue weighted by atomic mass is 10.0. The van der Waals surface area contributed by atoms with E-state index in [1.807, 2.05) is 109 Å². The minimum Gasteiger partial charge on any atom is -0.306 e. The van der Waals surface area contributed by atoms with Crippen molar-refractivity contribution in [3.8, 4) is 22.5 Å². The summed E-state index contributed by atoms with van der Waals surface area (Å²) < 4.78 is 0. The van der Waals surface area contributed by atoms with Gasteiger partial charge in [-0.15, -0.1) is 22.0 Å². The lowest BCUT2D eigenvalue weighted by molar-refractivity contribution is 0.922. The van der Waals surface area contributed by atoms with E-state index in [4.69, 9.17) is 16.6 Å². The molecule has 0 fully saturated rings. The Hall–Kier alpha value is -4.13. The number of hydrogen-bond donors (Lipinski definition) is 2. The minimum atomic E-state index is 0.0936. The molecule has 7 heteroatoms. The zero-order chi connectivity index (χ0) is 25.3. The number of thioether (sulfide) groups is 1. The van der Waals surface area contributed by atoms with E-state index in [0.717, 1.165) is 32.4 Å². The Morgan fingerprint density at radius 2 is 1.27 bits per heavy atom. The number of hydrogen-bond acceptors (Lipinski definition) is 6. The fourth-order valence-electron chi connectivity index (χ4n) is 3.73. The van der Waals surface area contributed by atoms with Crippen LogP contribution in [-0.2, 0) is 0 Å². The van der Waals surface area contributed by atoms with E-state index < -0.39 is 0 Å². The molecule has 182 valence electrons. The van der Waals surface area contributed by atoms with Crippen molar-refractivity contribution in [1.29, 1.82) is 0 Å². The van der Waals surface area contributed by atoms with E-state index in [9.17, 15) is 0 Å². The molecule has 1 heterocycles. The summed E-state index contributed by atoms with van der Waals surface area (Å²) in [5, 5.41) is 9.62. The minimum absolute atomic E-state index is 0.0936. The van der Waals surface area contributed by atoms with Crippen molar-refractivity contribution in [1.82, 2.24) is 20.6 Å². The van der Waals surface area contributed by atoms with Crippen molar-refractivity contribution in [3.05, 3.63) is 138 Å². The van der Waals surface area contributed by atoms with Crippen molar-refractivity contribution in [2.24, 2.45) is 0 Å². The second-order valence-electron chi connectivity index (χ2n) is 8.10. The number of hydrazine groups is 1. The number of aromatic nitrogens is 3. The lowest BCUT2D eigenvalue weighted by Gasteiger charge is -2.14. The van der Waals surface area contributed by atoms with Gasteiger partial charge in [-0.2, -0.15) is 0 Å². The monoisotopic (exact) mass is 521 g/mol. The Balaban J connectivity index is 1.34. The van der Waals surface area contributed by atoms with Gasteiger partial charge in [0.2, 0.25) is 0 Å². The smallest absolute Gasteiger partial charge is 0.261 e. The van der Waals surface area contributed by atoms with Crippen LogP contribution in [0.1, 0.15) is 10.8 Å². The van der Waals surface area contributed by atoms with Crippen molar-refractivity contribution in [2.75, 3.05) is 5.43 Å². The SMILES string of the molecule is Clc1ccc(SC(/C=C/NNc2nnc(-c3ccccc3)c(-c3ccccc3)n2)c2ccccc2)cc1. The highest BCUT2D eigenvalue weighted by Gasteiger charge is 2.13. The fourth-order valence-corrected chi connectivity index (χ4v) is 4.89. The van der Waals surface area contributed by atoms with Crippen molar-refractivity contribution >= 4 is 29.3 Å². The van der Waals surface area contributed by atoms with Gasteiger partial charge in [0.25, 0.3) is 5.95 Å². The number of anilines is 1. The first-order chi connectivity index (χ1) is 18.3. The molecule has 2 N–H and O–H groups in total. The molecule has 0 saturated heterocycles. The van der Waals surface area contributed by atoms with E-state index in [2.05, 4.69) is 39.3 Å². The van der Waals surface area contributed by atoms with Gasteiger partial charge in [-0.25, -0.2) is 4.98 Å². The van der Waals surface area contributed by atoms with Crippen molar-refractivity contribution < 1.29 is 0 Å². The van der Waals surface area contributed by atoms with Crippen LogP contribution in [0.2, 0.25) is 5.02 Å². The number of halogens is 1. The third-order valence-electron chi connectivity index (χ3n) is 5.52. The molecule has 1 aromatic heterocycles. The Morgan fingerprint density at radius 1 is 0.676 bits per heavy atom. The summed E-state index contributed by atoms with van der Waals surface area (Å²) in [5.41, 5.74) is 10.8. The quantitative estimate of drug-likeness (QED) is 0.152. The first-order valence-corrected chi connectivity index (χ1v) is 13.0. The molecule has 4 aromatic carbocycles. The first-order valence-electron chi connectivity index (χ1n) is 11.8. The summed E-state index contributed by atoms with van der Waals surface area (Å²) >= 11 is 7.80. The van der Waals surface area contributed by atoms with Crippen LogP contribution in [0.15, 0.2) is 132 Å². The largest absolute Gasteiger partial charge is 0.306 e. The summed E-state index contributed by atoms with van der Waals surface area (Å²) in [4.78, 5) is 5.90. The van der Waals surface area contributed by atoms with Crippen LogP contribution in [-0.4, -0.2) is 15.2 Å². The third-order valence-corrected chi connectivity index (χ3v) is 7.00. The molecule has 5 aromatic rings. The average Bonchev–Trinajstić information content (AvgIpc) is 2.97. The highest BCUT2D eigenvalue weighted by molar-refractivity contribution is 7.99. The Kier molecular flexibility index (Phi) is 8.11. The van der Waals surface area contributed by atoms with Crippen LogP contribution >= 0.6 is 23.4 Å². The molecule has 1 atom stereocenters. The molecule has 37 heavy (non-hydrogen) atoms. The number of rotatable bonds is 9. The molecule has 0 bridgehead atoms. The topological polar surface area (TPSA) is 62.7 Å². The van der Waals surface area contributed by atoms with Gasteiger partial charge < -0.3 is 5.43 Å². The number of nitrogens with one attached hydrogen (secondary N) is 2. The van der Waals surface area contributed by atoms with Gasteiger partial charge in [0, 0.05) is 27.2 Å². The van der Waals surface area contributed by atoms with E-state index in [1.165, 1.54) is 5.56 Å². The van der Waals surface area contributed by atoms with Gasteiger partial charge in [0.1, 0.15) is 11.4 Å². The van der Waals surface area contributed by atoms with Crippen LogP contribution in [0.5, 0.6) is 0 Å². The van der Waals surface area contributed by atoms with Gasteiger partial charge in [0.15, 0.2) is 0 Å². The summed E-state index contributed by atoms with van der Waals surface area (Å²) in [6.45, 7) is 0. The highest BCUT2D eigenvalue weighted by atomic mass is 35.5. The molecule has 0 aliphatic rings. The summed E-state index contributed by atoms with van der Waals surface area (Å²) in [6.07, 6.45) is 3.95. The van der Waals surface area contributed by atoms with Gasteiger partial charge in [-0.05, 0) is 35.9 Å². The van der Waals surface area contributed by atoms with E-state index in [-0.39, 0.29) is 5.25 Å². The maximum Gasteiger partial charge on any atom is 0.261 e. The van der Waals surface area contributed by atoms with E-state index in [1.54, 1.807) is 11.8 Å². The number of benzene rings is 4. The van der Waals surface area contributed by atoms with Crippen LogP contribution in [0.3, 0.4) is 0 Å². The molecule has 5 rings (SSSR count). The van der Waals surface area contributed by atoms with Crippen molar-refractivity contribution in [3.63, 3.8) is 0 Å². The molecule has 0 spiro atoms. The first kappa shape index (κ1) is 24.6. The molecule has 0 aliphatic heterocycles. The lowest BCUT2D eigenvalue weighted by Crippen LogP contribution is -2.18. The molecule has 0 aliphatic carbocycles. The third kappa shape index (κ3) is 6.55. The van der Waals surface area contributed by atoms with Crippen LogP contribution in [0.25, 0.3) is 22.5 Å². The molecule has 5 nitrogen and oxygen atoms in total. The summed E-state index contributed by atoms with van der Waals surface area (Å²) in [5.74, 6) is 0.379. The zero-order valence-corrected chi connectivity index (χ0v) is 21.4. The maximum absolute atomic E-state index is 6.06. The van der Waals surface area contributed by atoms with Crippen LogP contribution < -0.4 is 10.9 Å². The van der Waals surface area contributed by atoms with Gasteiger partial charge in [0.05, 0.1) is 5.25 Å². The van der Waals surface area contributed by atoms with Gasteiger partial charge >= 0.3 is 0 Å². The highest BCUT2D eigenvalue weighted by Crippen LogP contribution is 2.36. The molecule has 0 radical (unpaired) electrons. The van der Waals surface area contributed by atoms with Crippen LogP contribution in [0, 0.1) is 0 Å². The average molecular weight is 522 g/mol. The Bertz CT molecular complexity index is 1450. The molecule has 0 saturated carbocycles. The molecule has 0 amide bonds. The standard InChI is InChI=1S/C30H24ClN5S/c31-25-16-18-26(19-17-25)37-27(22-10-4-1-5-11-22)20-21-32-35-30-33-28(23-12-6-2-7-13-23)29(34-36-30)24-14-8-3-9-15-24/h1-21,27,32H,(H,33,35,36)/b21-20+. The summed E-state index contributed by atoms with van der Waals surface area (Å²) in [6, 6.07) is 38.2.